The molecule has 3 atom stereocenters. The van der Waals surface area contributed by atoms with Crippen LogP contribution in [-0.4, -0.2) is 13.1 Å². The minimum atomic E-state index is -0.276. The van der Waals surface area contributed by atoms with Crippen LogP contribution in [0.5, 0.6) is 0 Å². The number of anilines is 1. The van der Waals surface area contributed by atoms with Gasteiger partial charge in [0.2, 0.25) is 0 Å². The number of benzene rings is 2. The second-order valence-electron chi connectivity index (χ2n) is 6.74. The van der Waals surface area contributed by atoms with Crippen molar-refractivity contribution in [2.75, 3.05) is 12.4 Å². The average Bonchev–Trinajstić information content (AvgIpc) is 3.11. The molecule has 0 fully saturated rings. The molecule has 4 heteroatoms. The Morgan fingerprint density at radius 1 is 1.20 bits per heavy atom. The molecule has 2 aliphatic rings. The Bertz CT molecular complexity index is 857. The first-order chi connectivity index (χ1) is 12.1. The summed E-state index contributed by atoms with van der Waals surface area (Å²) < 4.78 is 5.01. The summed E-state index contributed by atoms with van der Waals surface area (Å²) >= 11 is 6.06. The molecule has 0 saturated carbocycles. The minimum absolute atomic E-state index is 0.191. The van der Waals surface area contributed by atoms with Crippen LogP contribution < -0.4 is 5.32 Å². The van der Waals surface area contributed by atoms with Crippen LogP contribution in [0.2, 0.25) is 5.02 Å². The van der Waals surface area contributed by atoms with Gasteiger partial charge in [0, 0.05) is 16.6 Å². The van der Waals surface area contributed by atoms with Crippen molar-refractivity contribution in [2.45, 2.75) is 25.3 Å². The molecule has 2 aromatic rings. The third-order valence-corrected chi connectivity index (χ3v) is 5.61. The predicted octanol–water partition coefficient (Wildman–Crippen LogP) is 5.26. The number of halogens is 1. The molecule has 3 nitrogen and oxygen atoms in total. The number of methoxy groups -OCH3 is 1. The molecule has 0 spiro atoms. The van der Waals surface area contributed by atoms with Crippen molar-refractivity contribution in [3.05, 3.63) is 75.8 Å². The summed E-state index contributed by atoms with van der Waals surface area (Å²) in [6.45, 7) is 2.07. The number of aryl methyl sites for hydroxylation is 1. The van der Waals surface area contributed by atoms with E-state index in [1.807, 2.05) is 24.3 Å². The van der Waals surface area contributed by atoms with E-state index >= 15 is 0 Å². The number of allylic oxidation sites excluding steroid dienone is 2. The first-order valence-electron chi connectivity index (χ1n) is 8.50. The maximum Gasteiger partial charge on any atom is 0.338 e. The molecule has 1 aliphatic carbocycles. The van der Waals surface area contributed by atoms with Crippen molar-refractivity contribution < 1.29 is 9.53 Å². The van der Waals surface area contributed by atoms with Crippen molar-refractivity contribution in [1.82, 2.24) is 0 Å². The van der Waals surface area contributed by atoms with Crippen LogP contribution in [0.4, 0.5) is 5.69 Å². The number of carbonyl (C=O) groups is 1. The summed E-state index contributed by atoms with van der Waals surface area (Å²) in [7, 11) is 1.43. The highest BCUT2D eigenvalue weighted by molar-refractivity contribution is 6.30. The predicted molar refractivity (Wildman–Crippen MR) is 100 cm³/mol. The highest BCUT2D eigenvalue weighted by Crippen LogP contribution is 2.51. The fraction of sp³-hybridized carbons (Fsp3) is 0.286. The van der Waals surface area contributed by atoms with Crippen LogP contribution >= 0.6 is 11.6 Å². The van der Waals surface area contributed by atoms with E-state index in [4.69, 9.17) is 16.3 Å². The van der Waals surface area contributed by atoms with Gasteiger partial charge in [0.05, 0.1) is 18.7 Å². The number of rotatable bonds is 2. The molecule has 128 valence electrons. The lowest BCUT2D eigenvalue weighted by Gasteiger charge is -2.39. The van der Waals surface area contributed by atoms with Crippen molar-refractivity contribution >= 4 is 23.3 Å². The number of fused-ring (bicyclic) bond motifs is 3. The van der Waals surface area contributed by atoms with Crippen LogP contribution in [0.3, 0.4) is 0 Å². The first kappa shape index (κ1) is 16.2. The lowest BCUT2D eigenvalue weighted by molar-refractivity contribution is 0.0598. The Hall–Kier alpha value is -2.26. The number of carbonyl (C=O) groups excluding carboxylic acids is 1. The Morgan fingerprint density at radius 3 is 2.68 bits per heavy atom. The largest absolute Gasteiger partial charge is 0.465 e. The number of ether oxygens (including phenoxy) is 1. The average molecular weight is 354 g/mol. The Labute approximate surface area is 152 Å². The molecular formula is C21H20ClNO2. The van der Waals surface area contributed by atoms with Gasteiger partial charge >= 0.3 is 5.97 Å². The van der Waals surface area contributed by atoms with E-state index in [1.165, 1.54) is 12.7 Å². The van der Waals surface area contributed by atoms with E-state index in [0.717, 1.165) is 28.3 Å². The summed E-state index contributed by atoms with van der Waals surface area (Å²) in [4.78, 5) is 12.3. The van der Waals surface area contributed by atoms with E-state index in [2.05, 4.69) is 36.5 Å². The van der Waals surface area contributed by atoms with Crippen molar-refractivity contribution in [1.29, 1.82) is 0 Å². The van der Waals surface area contributed by atoms with Gasteiger partial charge in [-0.2, -0.15) is 0 Å². The second kappa shape index (κ2) is 6.23. The first-order valence-corrected chi connectivity index (χ1v) is 8.88. The maximum absolute atomic E-state index is 12.3. The number of nitrogens with one attached hydrogen (secondary N) is 1. The Morgan fingerprint density at radius 2 is 1.96 bits per heavy atom. The summed E-state index contributed by atoms with van der Waals surface area (Å²) in [5, 5.41) is 4.44. The van der Waals surface area contributed by atoms with E-state index in [9.17, 15) is 4.79 Å². The van der Waals surface area contributed by atoms with Crippen LogP contribution in [-0.2, 0) is 4.74 Å². The molecule has 1 N–H and O–H groups in total. The molecule has 1 heterocycles. The fourth-order valence-corrected chi connectivity index (χ4v) is 4.27. The standard InChI is InChI=1S/C21H20ClNO2/c1-12-6-11-17(21(24)25-2)18-15-4-3-5-16(15)20(23-19(12)18)13-7-9-14(22)10-8-13/h3-4,6-11,15-16,20,23H,5H2,1-2H3/t15-,16+,20-/m1/s1. The normalized spacial score (nSPS) is 23.6. The summed E-state index contributed by atoms with van der Waals surface area (Å²) in [5.74, 6) is 0.312. The van der Waals surface area contributed by atoms with Gasteiger partial charge in [0.25, 0.3) is 0 Å². The van der Waals surface area contributed by atoms with Crippen molar-refractivity contribution in [3.63, 3.8) is 0 Å². The van der Waals surface area contributed by atoms with Gasteiger partial charge in [-0.05, 0) is 54.2 Å². The molecule has 4 rings (SSSR count). The van der Waals surface area contributed by atoms with E-state index in [1.54, 1.807) is 0 Å². The van der Waals surface area contributed by atoms with Crippen molar-refractivity contribution in [2.24, 2.45) is 5.92 Å². The van der Waals surface area contributed by atoms with Crippen LogP contribution in [0.15, 0.2) is 48.6 Å². The smallest absolute Gasteiger partial charge is 0.338 e. The molecule has 0 saturated heterocycles. The molecule has 0 radical (unpaired) electrons. The second-order valence-corrected chi connectivity index (χ2v) is 7.17. The number of hydrogen-bond donors (Lipinski definition) is 1. The number of hydrogen-bond acceptors (Lipinski definition) is 3. The molecule has 0 aromatic heterocycles. The van der Waals surface area contributed by atoms with Gasteiger partial charge < -0.3 is 10.1 Å². The fourth-order valence-electron chi connectivity index (χ4n) is 4.14. The van der Waals surface area contributed by atoms with Crippen molar-refractivity contribution in [3.8, 4) is 0 Å². The van der Waals surface area contributed by atoms with Crippen LogP contribution in [0.1, 0.15) is 45.4 Å². The van der Waals surface area contributed by atoms with Gasteiger partial charge in [-0.3, -0.25) is 0 Å². The topological polar surface area (TPSA) is 38.3 Å². The van der Waals surface area contributed by atoms with Gasteiger partial charge in [-0.1, -0.05) is 42.0 Å². The maximum atomic E-state index is 12.3. The SMILES string of the molecule is COC(=O)c1ccc(C)c2c1[C@@H]1C=CC[C@@H]1[C@@H](c1ccc(Cl)cc1)N2. The zero-order valence-electron chi connectivity index (χ0n) is 14.3. The van der Waals surface area contributed by atoms with Gasteiger partial charge in [-0.15, -0.1) is 0 Å². The van der Waals surface area contributed by atoms with E-state index < -0.39 is 0 Å². The molecule has 25 heavy (non-hydrogen) atoms. The molecule has 0 unspecified atom stereocenters. The van der Waals surface area contributed by atoms with E-state index in [-0.39, 0.29) is 17.9 Å². The van der Waals surface area contributed by atoms with Gasteiger partial charge in [0.1, 0.15) is 0 Å². The molecule has 1 aliphatic heterocycles. The summed E-state index contributed by atoms with van der Waals surface area (Å²) in [6.07, 6.45) is 5.44. The molecular weight excluding hydrogens is 334 g/mol. The van der Waals surface area contributed by atoms with Crippen LogP contribution in [0, 0.1) is 12.8 Å². The molecule has 2 aromatic carbocycles. The minimum Gasteiger partial charge on any atom is -0.465 e. The van der Waals surface area contributed by atoms with Crippen LogP contribution in [0.25, 0.3) is 0 Å². The third kappa shape index (κ3) is 2.63. The quantitative estimate of drug-likeness (QED) is 0.591. The Kier molecular flexibility index (Phi) is 4.04. The monoisotopic (exact) mass is 353 g/mol. The van der Waals surface area contributed by atoms with E-state index in [0.29, 0.717) is 11.5 Å². The molecule has 0 amide bonds. The zero-order valence-corrected chi connectivity index (χ0v) is 15.0. The Balaban J connectivity index is 1.85. The lowest BCUT2D eigenvalue weighted by atomic mass is 9.75. The number of esters is 1. The lowest BCUT2D eigenvalue weighted by Crippen LogP contribution is -2.31. The molecule has 0 bridgehead atoms. The zero-order chi connectivity index (χ0) is 17.6. The highest BCUT2D eigenvalue weighted by Gasteiger charge is 2.40. The van der Waals surface area contributed by atoms with Gasteiger partial charge in [-0.25, -0.2) is 4.79 Å². The summed E-state index contributed by atoms with van der Waals surface area (Å²) in [6, 6.07) is 12.1. The highest BCUT2D eigenvalue weighted by atomic mass is 35.5. The van der Waals surface area contributed by atoms with Gasteiger partial charge in [0.15, 0.2) is 0 Å². The third-order valence-electron chi connectivity index (χ3n) is 5.36. The summed E-state index contributed by atoms with van der Waals surface area (Å²) in [5.41, 5.74) is 5.13.